The van der Waals surface area contributed by atoms with Gasteiger partial charge in [-0.1, -0.05) is 42.5 Å². The summed E-state index contributed by atoms with van der Waals surface area (Å²) in [4.78, 5) is 0. The lowest BCUT2D eigenvalue weighted by molar-refractivity contribution is 0.642. The Hall–Kier alpha value is -1.93. The number of halogens is 1. The third-order valence-corrected chi connectivity index (χ3v) is 4.53. The van der Waals surface area contributed by atoms with Gasteiger partial charge in [-0.2, -0.15) is 0 Å². The zero-order chi connectivity index (χ0) is 12.1. The molecule has 0 spiro atoms. The fourth-order valence-corrected chi connectivity index (χ4v) is 3.76. The van der Waals surface area contributed by atoms with E-state index in [1.165, 1.54) is 0 Å². The second kappa shape index (κ2) is 3.53. The predicted molar refractivity (Wildman–Crippen MR) is 76.8 cm³/mol. The summed E-state index contributed by atoms with van der Waals surface area (Å²) in [6.07, 6.45) is 0. The van der Waals surface area contributed by atoms with Crippen LogP contribution in [-0.4, -0.2) is 0 Å². The van der Waals surface area contributed by atoms with Gasteiger partial charge >= 0.3 is 0 Å². The Morgan fingerprint density at radius 2 is 1.56 bits per heavy atom. The maximum atomic E-state index is 14.3. The summed E-state index contributed by atoms with van der Waals surface area (Å²) in [6.45, 7) is 0. The molecule has 0 unspecified atom stereocenters. The summed E-state index contributed by atoms with van der Waals surface area (Å²) >= 11 is 1.67. The van der Waals surface area contributed by atoms with Crippen LogP contribution in [0.5, 0.6) is 0 Å². The summed E-state index contributed by atoms with van der Waals surface area (Å²) < 4.78 is 16.5. The van der Waals surface area contributed by atoms with Gasteiger partial charge in [0.2, 0.25) is 0 Å². The molecular weight excluding hydrogens is 243 g/mol. The Bertz CT molecular complexity index is 889. The number of thiophene rings is 1. The van der Waals surface area contributed by atoms with E-state index in [0.717, 1.165) is 30.9 Å². The molecule has 0 bridgehead atoms. The van der Waals surface area contributed by atoms with Crippen molar-refractivity contribution in [2.75, 3.05) is 0 Å². The maximum absolute atomic E-state index is 14.3. The summed E-state index contributed by atoms with van der Waals surface area (Å²) in [5.41, 5.74) is 0. The lowest BCUT2D eigenvalue weighted by atomic mass is 10.1. The molecule has 0 atom stereocenters. The first kappa shape index (κ1) is 10.0. The number of rotatable bonds is 0. The minimum atomic E-state index is -0.124. The van der Waals surface area contributed by atoms with Gasteiger partial charge in [0, 0.05) is 20.2 Å². The average molecular weight is 252 g/mol. The van der Waals surface area contributed by atoms with Gasteiger partial charge in [0.25, 0.3) is 0 Å². The third-order valence-electron chi connectivity index (χ3n) is 3.32. The fraction of sp³-hybridized carbons (Fsp3) is 0. The van der Waals surface area contributed by atoms with Crippen molar-refractivity contribution in [3.05, 3.63) is 60.4 Å². The van der Waals surface area contributed by atoms with Gasteiger partial charge in [0.15, 0.2) is 0 Å². The van der Waals surface area contributed by atoms with Crippen molar-refractivity contribution >= 4 is 42.3 Å². The molecule has 1 aromatic heterocycles. The molecule has 0 nitrogen and oxygen atoms in total. The molecule has 0 N–H and O–H groups in total. The largest absolute Gasteiger partial charge is 0.206 e. The minimum absolute atomic E-state index is 0.124. The molecule has 0 aliphatic carbocycles. The second-order valence-electron chi connectivity index (χ2n) is 4.38. The van der Waals surface area contributed by atoms with Gasteiger partial charge in [-0.25, -0.2) is 4.39 Å². The molecule has 4 aromatic rings. The molecule has 0 saturated carbocycles. The molecule has 3 aromatic carbocycles. The predicted octanol–water partition coefficient (Wildman–Crippen LogP) is 5.35. The van der Waals surface area contributed by atoms with Crippen LogP contribution in [0.3, 0.4) is 0 Å². The van der Waals surface area contributed by atoms with Crippen LogP contribution in [0, 0.1) is 5.82 Å². The monoisotopic (exact) mass is 252 g/mol. The van der Waals surface area contributed by atoms with E-state index in [4.69, 9.17) is 0 Å². The van der Waals surface area contributed by atoms with Crippen molar-refractivity contribution in [3.8, 4) is 0 Å². The van der Waals surface area contributed by atoms with Crippen LogP contribution in [0.2, 0.25) is 0 Å². The first-order valence-corrected chi connectivity index (χ1v) is 6.65. The Morgan fingerprint density at radius 1 is 0.833 bits per heavy atom. The standard InChI is InChI=1S/C16H9FS/c17-13-9-10-5-1-2-6-11(10)16-15(13)12-7-3-4-8-14(12)18-16/h1-9H. The van der Waals surface area contributed by atoms with E-state index in [2.05, 4.69) is 6.07 Å². The average Bonchev–Trinajstić information content (AvgIpc) is 2.79. The summed E-state index contributed by atoms with van der Waals surface area (Å²) in [5.74, 6) is -0.124. The summed E-state index contributed by atoms with van der Waals surface area (Å²) in [6, 6.07) is 17.6. The van der Waals surface area contributed by atoms with Crippen molar-refractivity contribution in [2.24, 2.45) is 0 Å². The molecule has 18 heavy (non-hydrogen) atoms. The zero-order valence-electron chi connectivity index (χ0n) is 9.48. The van der Waals surface area contributed by atoms with E-state index < -0.39 is 0 Å². The molecule has 86 valence electrons. The van der Waals surface area contributed by atoms with Crippen molar-refractivity contribution in [1.82, 2.24) is 0 Å². The second-order valence-corrected chi connectivity index (χ2v) is 5.43. The Labute approximate surface area is 107 Å². The van der Waals surface area contributed by atoms with E-state index in [-0.39, 0.29) is 5.82 Å². The van der Waals surface area contributed by atoms with E-state index in [1.54, 1.807) is 17.4 Å². The molecule has 0 aliphatic rings. The highest BCUT2D eigenvalue weighted by atomic mass is 32.1. The van der Waals surface area contributed by atoms with E-state index >= 15 is 0 Å². The van der Waals surface area contributed by atoms with E-state index in [9.17, 15) is 4.39 Å². The van der Waals surface area contributed by atoms with Crippen molar-refractivity contribution in [2.45, 2.75) is 0 Å². The molecule has 0 saturated heterocycles. The minimum Gasteiger partial charge on any atom is -0.206 e. The zero-order valence-corrected chi connectivity index (χ0v) is 10.3. The Kier molecular flexibility index (Phi) is 1.97. The van der Waals surface area contributed by atoms with Crippen LogP contribution in [-0.2, 0) is 0 Å². The van der Waals surface area contributed by atoms with Crippen LogP contribution < -0.4 is 0 Å². The molecule has 0 aliphatic heterocycles. The van der Waals surface area contributed by atoms with Gasteiger partial charge in [-0.05, 0) is 22.9 Å². The molecule has 2 heteroatoms. The highest BCUT2D eigenvalue weighted by Crippen LogP contribution is 2.39. The fourth-order valence-electron chi connectivity index (χ4n) is 2.51. The SMILES string of the molecule is Fc1cc2ccccc2c2sc3ccccc3c12. The molecule has 0 radical (unpaired) electrons. The van der Waals surface area contributed by atoms with Crippen molar-refractivity contribution in [1.29, 1.82) is 0 Å². The lowest BCUT2D eigenvalue weighted by Crippen LogP contribution is -1.79. The molecular formula is C16H9FS. The quantitative estimate of drug-likeness (QED) is 0.396. The Balaban J connectivity index is 2.38. The van der Waals surface area contributed by atoms with Crippen LogP contribution in [0.4, 0.5) is 4.39 Å². The third kappa shape index (κ3) is 1.24. The first-order chi connectivity index (χ1) is 8.84. The first-order valence-electron chi connectivity index (χ1n) is 5.83. The van der Waals surface area contributed by atoms with E-state index in [0.29, 0.717) is 0 Å². The van der Waals surface area contributed by atoms with Crippen LogP contribution in [0.25, 0.3) is 30.9 Å². The molecule has 0 amide bonds. The molecule has 0 fully saturated rings. The van der Waals surface area contributed by atoms with Crippen LogP contribution >= 0.6 is 11.3 Å². The van der Waals surface area contributed by atoms with Crippen molar-refractivity contribution in [3.63, 3.8) is 0 Å². The Morgan fingerprint density at radius 3 is 2.44 bits per heavy atom. The summed E-state index contributed by atoms with van der Waals surface area (Å²) in [5, 5.41) is 3.87. The van der Waals surface area contributed by atoms with Crippen molar-refractivity contribution < 1.29 is 4.39 Å². The smallest absolute Gasteiger partial charge is 0.133 e. The molecule has 4 rings (SSSR count). The van der Waals surface area contributed by atoms with Gasteiger partial charge in [0.1, 0.15) is 5.82 Å². The van der Waals surface area contributed by atoms with Crippen LogP contribution in [0.15, 0.2) is 54.6 Å². The normalized spacial score (nSPS) is 11.6. The number of hydrogen-bond acceptors (Lipinski definition) is 1. The lowest BCUT2D eigenvalue weighted by Gasteiger charge is -2.00. The topological polar surface area (TPSA) is 0 Å². The number of fused-ring (bicyclic) bond motifs is 5. The highest BCUT2D eigenvalue weighted by Gasteiger charge is 2.12. The van der Waals surface area contributed by atoms with Gasteiger partial charge in [-0.3, -0.25) is 0 Å². The van der Waals surface area contributed by atoms with E-state index in [1.807, 2.05) is 42.5 Å². The number of benzene rings is 3. The maximum Gasteiger partial charge on any atom is 0.133 e. The number of hydrogen-bond donors (Lipinski definition) is 0. The molecule has 1 heterocycles. The van der Waals surface area contributed by atoms with Gasteiger partial charge in [0.05, 0.1) is 0 Å². The van der Waals surface area contributed by atoms with Gasteiger partial charge in [-0.15, -0.1) is 11.3 Å². The van der Waals surface area contributed by atoms with Gasteiger partial charge < -0.3 is 0 Å². The summed E-state index contributed by atoms with van der Waals surface area (Å²) in [7, 11) is 0. The highest BCUT2D eigenvalue weighted by molar-refractivity contribution is 7.26. The van der Waals surface area contributed by atoms with Crippen LogP contribution in [0.1, 0.15) is 0 Å².